The highest BCUT2D eigenvalue weighted by atomic mass is 16.5. The number of para-hydroxylation sites is 1. The van der Waals surface area contributed by atoms with Gasteiger partial charge in [-0.15, -0.1) is 0 Å². The van der Waals surface area contributed by atoms with Gasteiger partial charge in [0, 0.05) is 0 Å². The highest BCUT2D eigenvalue weighted by Crippen LogP contribution is 2.36. The Morgan fingerprint density at radius 1 is 1.33 bits per heavy atom. The van der Waals surface area contributed by atoms with Gasteiger partial charge in [0.1, 0.15) is 24.1 Å². The second kappa shape index (κ2) is 8.07. The molecule has 0 bridgehead atoms. The first kappa shape index (κ1) is 18.7. The first-order chi connectivity index (χ1) is 13.0. The molecule has 27 heavy (non-hydrogen) atoms. The van der Waals surface area contributed by atoms with E-state index in [1.807, 2.05) is 25.1 Å². The number of ether oxygens (including phenoxy) is 2. The molecule has 0 aliphatic carbocycles. The van der Waals surface area contributed by atoms with Crippen molar-refractivity contribution in [2.45, 2.75) is 31.8 Å². The lowest BCUT2D eigenvalue weighted by atomic mass is 9.84. The Labute approximate surface area is 157 Å². The second-order valence-corrected chi connectivity index (χ2v) is 6.48. The second-order valence-electron chi connectivity index (χ2n) is 6.48. The predicted octanol–water partition coefficient (Wildman–Crippen LogP) is 1.56. The summed E-state index contributed by atoms with van der Waals surface area (Å²) in [5, 5.41) is 2.71. The summed E-state index contributed by atoms with van der Waals surface area (Å²) in [6, 6.07) is 8.08. The van der Waals surface area contributed by atoms with Gasteiger partial charge in [-0.2, -0.15) is 0 Å². The summed E-state index contributed by atoms with van der Waals surface area (Å²) in [5.74, 6) is -0.642. The smallest absolute Gasteiger partial charge is 0.355 e. The monoisotopic (exact) mass is 370 g/mol. The fraction of sp³-hybridized carbons (Fsp3) is 0.350. The van der Waals surface area contributed by atoms with Gasteiger partial charge in [0.15, 0.2) is 6.61 Å². The van der Waals surface area contributed by atoms with Gasteiger partial charge >= 0.3 is 5.97 Å². The topological polar surface area (TPSA) is 84.9 Å². The van der Waals surface area contributed by atoms with Crippen LogP contribution in [0.4, 0.5) is 0 Å². The molecule has 7 heteroatoms. The van der Waals surface area contributed by atoms with Crippen LogP contribution < -0.4 is 10.1 Å². The Bertz CT molecular complexity index is 787. The van der Waals surface area contributed by atoms with Gasteiger partial charge < -0.3 is 14.8 Å². The van der Waals surface area contributed by atoms with Crippen molar-refractivity contribution >= 4 is 17.8 Å². The molecule has 0 saturated carbocycles. The van der Waals surface area contributed by atoms with Crippen LogP contribution in [0.15, 0.2) is 54.3 Å². The molecule has 1 unspecified atom stereocenters. The van der Waals surface area contributed by atoms with Crippen LogP contribution in [0.2, 0.25) is 0 Å². The number of fused-ring (bicyclic) bond motifs is 1. The van der Waals surface area contributed by atoms with Gasteiger partial charge in [-0.05, 0) is 37.5 Å². The summed E-state index contributed by atoms with van der Waals surface area (Å²) >= 11 is 0. The number of benzene rings is 1. The van der Waals surface area contributed by atoms with Gasteiger partial charge in [0.2, 0.25) is 0 Å². The van der Waals surface area contributed by atoms with Crippen molar-refractivity contribution in [2.24, 2.45) is 0 Å². The molecule has 7 nitrogen and oxygen atoms in total. The van der Waals surface area contributed by atoms with Crippen LogP contribution in [0.5, 0.6) is 5.75 Å². The fourth-order valence-corrected chi connectivity index (χ4v) is 3.32. The summed E-state index contributed by atoms with van der Waals surface area (Å²) in [4.78, 5) is 38.4. The van der Waals surface area contributed by atoms with E-state index in [0.717, 1.165) is 5.57 Å². The van der Waals surface area contributed by atoms with Crippen molar-refractivity contribution in [1.29, 1.82) is 0 Å². The summed E-state index contributed by atoms with van der Waals surface area (Å²) in [6.45, 7) is 5.23. The van der Waals surface area contributed by atoms with Gasteiger partial charge in [0.05, 0.1) is 6.04 Å². The Morgan fingerprint density at radius 2 is 2.07 bits per heavy atom. The van der Waals surface area contributed by atoms with E-state index in [1.165, 1.54) is 11.0 Å². The SMILES string of the molecule is C=CCOC(=O)C1=C(C)CCC2[C@H](NC(=O)COc3ccccc3)C(=O)N12. The lowest BCUT2D eigenvalue weighted by Gasteiger charge is -2.50. The minimum absolute atomic E-state index is 0.0826. The van der Waals surface area contributed by atoms with E-state index in [4.69, 9.17) is 9.47 Å². The third-order valence-electron chi connectivity index (χ3n) is 4.64. The number of carbonyl (C=O) groups is 3. The summed E-state index contributed by atoms with van der Waals surface area (Å²) in [6.07, 6.45) is 2.82. The number of hydrogen-bond acceptors (Lipinski definition) is 5. The number of amides is 2. The Morgan fingerprint density at radius 3 is 2.78 bits per heavy atom. The summed E-state index contributed by atoms with van der Waals surface area (Å²) in [7, 11) is 0. The van der Waals surface area contributed by atoms with Crippen molar-refractivity contribution in [2.75, 3.05) is 13.2 Å². The molecule has 1 aromatic carbocycles. The zero-order valence-corrected chi connectivity index (χ0v) is 15.1. The van der Waals surface area contributed by atoms with Crippen LogP contribution >= 0.6 is 0 Å². The van der Waals surface area contributed by atoms with E-state index < -0.39 is 12.0 Å². The largest absolute Gasteiger partial charge is 0.484 e. The first-order valence-electron chi connectivity index (χ1n) is 8.81. The van der Waals surface area contributed by atoms with E-state index in [0.29, 0.717) is 18.6 Å². The maximum atomic E-state index is 12.5. The number of hydrogen-bond donors (Lipinski definition) is 1. The van der Waals surface area contributed by atoms with Crippen molar-refractivity contribution < 1.29 is 23.9 Å². The zero-order valence-electron chi connectivity index (χ0n) is 15.1. The molecular formula is C20H22N2O5. The van der Waals surface area contributed by atoms with Crippen LogP contribution in [0.3, 0.4) is 0 Å². The van der Waals surface area contributed by atoms with Crippen molar-refractivity contribution in [3.63, 3.8) is 0 Å². The molecule has 1 fully saturated rings. The van der Waals surface area contributed by atoms with E-state index in [2.05, 4.69) is 11.9 Å². The van der Waals surface area contributed by atoms with Crippen molar-refractivity contribution in [3.05, 3.63) is 54.3 Å². The standard InChI is InChI=1S/C20H22N2O5/c1-3-11-26-20(25)18-13(2)9-10-15-17(19(24)22(15)18)21-16(23)12-27-14-7-5-4-6-8-14/h3-8,15,17H,1,9-12H2,2H3,(H,21,23)/t15?,17-/m0/s1. The van der Waals surface area contributed by atoms with Crippen molar-refractivity contribution in [3.8, 4) is 5.75 Å². The normalized spacial score (nSPS) is 21.1. The average Bonchev–Trinajstić information content (AvgIpc) is 2.69. The minimum Gasteiger partial charge on any atom is -0.484 e. The maximum absolute atomic E-state index is 12.5. The Kier molecular flexibility index (Phi) is 5.59. The number of rotatable bonds is 7. The molecule has 2 amide bonds. The first-order valence-corrected chi connectivity index (χ1v) is 8.81. The number of nitrogens with one attached hydrogen (secondary N) is 1. The summed E-state index contributed by atoms with van der Waals surface area (Å²) in [5.41, 5.74) is 1.09. The van der Waals surface area contributed by atoms with Crippen LogP contribution in [0.25, 0.3) is 0 Å². The molecule has 2 aliphatic heterocycles. The average molecular weight is 370 g/mol. The minimum atomic E-state index is -0.646. The highest BCUT2D eigenvalue weighted by molar-refractivity contribution is 6.02. The zero-order chi connectivity index (χ0) is 19.4. The molecular weight excluding hydrogens is 348 g/mol. The Balaban J connectivity index is 1.59. The maximum Gasteiger partial charge on any atom is 0.355 e. The molecule has 2 aliphatic rings. The molecule has 3 rings (SSSR count). The molecule has 1 aromatic rings. The number of β-lactam (4-membered cyclic amide) rings is 1. The molecule has 1 saturated heterocycles. The summed E-state index contributed by atoms with van der Waals surface area (Å²) < 4.78 is 10.5. The predicted molar refractivity (Wildman–Crippen MR) is 97.6 cm³/mol. The number of nitrogens with zero attached hydrogens (tertiary/aromatic N) is 1. The number of esters is 1. The third kappa shape index (κ3) is 3.86. The lowest BCUT2D eigenvalue weighted by Crippen LogP contribution is -2.72. The van der Waals surface area contributed by atoms with Crippen LogP contribution in [-0.4, -0.2) is 48.0 Å². The number of allylic oxidation sites excluding steroid dienone is 1. The molecule has 142 valence electrons. The molecule has 2 atom stereocenters. The molecule has 1 N–H and O–H groups in total. The molecule has 0 radical (unpaired) electrons. The quantitative estimate of drug-likeness (QED) is 0.447. The number of carbonyl (C=O) groups excluding carboxylic acids is 3. The van der Waals surface area contributed by atoms with E-state index in [-0.39, 0.29) is 36.8 Å². The highest BCUT2D eigenvalue weighted by Gasteiger charge is 2.53. The Hall–Kier alpha value is -3.09. The van der Waals surface area contributed by atoms with Crippen molar-refractivity contribution in [1.82, 2.24) is 10.2 Å². The van der Waals surface area contributed by atoms with Gasteiger partial charge in [-0.3, -0.25) is 14.5 Å². The molecule has 0 spiro atoms. The van der Waals surface area contributed by atoms with Gasteiger partial charge in [-0.25, -0.2) is 4.79 Å². The van der Waals surface area contributed by atoms with Crippen LogP contribution in [0.1, 0.15) is 19.8 Å². The molecule has 2 heterocycles. The van der Waals surface area contributed by atoms with E-state index in [1.54, 1.807) is 12.1 Å². The van der Waals surface area contributed by atoms with Gasteiger partial charge in [0.25, 0.3) is 11.8 Å². The fourth-order valence-electron chi connectivity index (χ4n) is 3.32. The van der Waals surface area contributed by atoms with Crippen LogP contribution in [-0.2, 0) is 19.1 Å². The van der Waals surface area contributed by atoms with E-state index >= 15 is 0 Å². The molecule has 0 aromatic heterocycles. The van der Waals surface area contributed by atoms with Crippen LogP contribution in [0, 0.1) is 0 Å². The van der Waals surface area contributed by atoms with E-state index in [9.17, 15) is 14.4 Å². The third-order valence-corrected chi connectivity index (χ3v) is 4.64. The lowest BCUT2D eigenvalue weighted by molar-refractivity contribution is -0.157. The van der Waals surface area contributed by atoms with Gasteiger partial charge in [-0.1, -0.05) is 30.9 Å².